The maximum Gasteiger partial charge on any atom is 0.223 e. The van der Waals surface area contributed by atoms with Crippen LogP contribution in [0.15, 0.2) is 42.5 Å². The number of hydrogen-bond acceptors (Lipinski definition) is 1. The summed E-state index contributed by atoms with van der Waals surface area (Å²) in [4.78, 5) is 0. The summed E-state index contributed by atoms with van der Waals surface area (Å²) in [6, 6.07) is 14.4. The lowest BCUT2D eigenvalue weighted by Crippen LogP contribution is -2.82. The van der Waals surface area contributed by atoms with Crippen LogP contribution in [-0.2, 0) is 0 Å². The highest BCUT2D eigenvalue weighted by Crippen LogP contribution is 2.15. The van der Waals surface area contributed by atoms with Gasteiger partial charge >= 0.3 is 0 Å². The lowest BCUT2D eigenvalue weighted by atomic mass is 10.1. The summed E-state index contributed by atoms with van der Waals surface area (Å²) >= 11 is 4.96. The largest absolute Gasteiger partial charge is 0.361 e. The number of fused-ring (bicyclic) bond motifs is 1. The Hall–Kier alpha value is -1.94. The van der Waals surface area contributed by atoms with E-state index in [-0.39, 0.29) is 0 Å². The summed E-state index contributed by atoms with van der Waals surface area (Å²) in [5, 5.41) is 8.78. The van der Waals surface area contributed by atoms with Crippen LogP contribution in [0.5, 0.6) is 0 Å². The molecule has 86 valence electrons. The minimum atomic E-state index is 0.557. The topological polar surface area (TPSA) is 38.0 Å². The van der Waals surface area contributed by atoms with E-state index in [9.17, 15) is 0 Å². The molecule has 2 aromatic carbocycles. The fourth-order valence-electron chi connectivity index (χ4n) is 1.62. The molecule has 3 nitrogen and oxygen atoms in total. The summed E-state index contributed by atoms with van der Waals surface area (Å²) in [5.41, 5.74) is 3.98. The minimum absolute atomic E-state index is 0.557. The van der Waals surface area contributed by atoms with E-state index < -0.39 is 0 Å². The first-order chi connectivity index (χ1) is 8.31. The molecule has 4 heteroatoms. The van der Waals surface area contributed by atoms with Gasteiger partial charge in [0.15, 0.2) is 6.21 Å². The number of hydrazine groups is 1. The molecule has 2 aromatic rings. The van der Waals surface area contributed by atoms with Gasteiger partial charge in [0.1, 0.15) is 0 Å². The Morgan fingerprint density at radius 2 is 1.94 bits per heavy atom. The number of thiocarbonyl (C=S) groups is 1. The molecule has 17 heavy (non-hydrogen) atoms. The van der Waals surface area contributed by atoms with Crippen LogP contribution in [0.25, 0.3) is 10.8 Å². The molecule has 0 radical (unpaired) electrons. The van der Waals surface area contributed by atoms with E-state index >= 15 is 0 Å². The number of benzene rings is 2. The molecule has 0 aliphatic carbocycles. The molecule has 0 fully saturated rings. The maximum atomic E-state index is 4.96. The molecule has 0 saturated heterocycles. The monoisotopic (exact) mass is 244 g/mol. The van der Waals surface area contributed by atoms with Crippen LogP contribution in [0.3, 0.4) is 0 Å². The molecule has 2 rings (SSSR count). The molecule has 0 aliphatic heterocycles. The lowest BCUT2D eigenvalue weighted by molar-refractivity contribution is -0.500. The second kappa shape index (κ2) is 5.41. The summed E-state index contributed by atoms with van der Waals surface area (Å²) in [5.74, 6) is 0. The summed E-state index contributed by atoms with van der Waals surface area (Å²) in [6.45, 7) is 0. The molecule has 0 bridgehead atoms. The van der Waals surface area contributed by atoms with Crippen molar-refractivity contribution in [3.63, 3.8) is 0 Å². The first kappa shape index (κ1) is 11.5. The van der Waals surface area contributed by atoms with Crippen molar-refractivity contribution in [2.45, 2.75) is 0 Å². The van der Waals surface area contributed by atoms with Crippen LogP contribution in [0.4, 0.5) is 0 Å². The first-order valence-corrected chi connectivity index (χ1v) is 5.76. The molecule has 0 aromatic heterocycles. The van der Waals surface area contributed by atoms with Crippen molar-refractivity contribution in [1.82, 2.24) is 10.7 Å². The fourth-order valence-corrected chi connectivity index (χ4v) is 1.68. The van der Waals surface area contributed by atoms with Crippen molar-refractivity contribution in [2.75, 3.05) is 7.05 Å². The fraction of sp³-hybridized carbons (Fsp3) is 0.0769. The van der Waals surface area contributed by atoms with Crippen LogP contribution in [0.2, 0.25) is 0 Å². The van der Waals surface area contributed by atoms with Crippen LogP contribution < -0.4 is 15.8 Å². The Bertz CT molecular complexity index is 558. The van der Waals surface area contributed by atoms with E-state index in [1.165, 1.54) is 10.8 Å². The predicted octanol–water partition coefficient (Wildman–Crippen LogP) is 0.348. The quantitative estimate of drug-likeness (QED) is 0.405. The Labute approximate surface area is 106 Å². The third-order valence-electron chi connectivity index (χ3n) is 2.46. The molecular formula is C13H14N3S+. The van der Waals surface area contributed by atoms with E-state index in [2.05, 4.69) is 40.1 Å². The van der Waals surface area contributed by atoms with E-state index in [1.54, 1.807) is 7.05 Å². The van der Waals surface area contributed by atoms with Crippen molar-refractivity contribution < 1.29 is 5.10 Å². The Morgan fingerprint density at radius 3 is 2.76 bits per heavy atom. The zero-order valence-corrected chi connectivity index (χ0v) is 10.3. The van der Waals surface area contributed by atoms with Gasteiger partial charge in [-0.25, -0.2) is 0 Å². The minimum Gasteiger partial charge on any atom is -0.361 e. The van der Waals surface area contributed by atoms with Gasteiger partial charge in [-0.2, -0.15) is 0 Å². The zero-order valence-electron chi connectivity index (χ0n) is 9.53. The average Bonchev–Trinajstić information content (AvgIpc) is 2.39. The third kappa shape index (κ3) is 2.79. The molecule has 0 aliphatic rings. The number of hydrogen-bond donors (Lipinski definition) is 3. The van der Waals surface area contributed by atoms with Gasteiger partial charge in [-0.3, -0.25) is 0 Å². The lowest BCUT2D eigenvalue weighted by Gasteiger charge is -1.99. The Balaban J connectivity index is 2.27. The van der Waals surface area contributed by atoms with E-state index in [1.807, 2.05) is 24.4 Å². The van der Waals surface area contributed by atoms with E-state index in [0.29, 0.717) is 5.11 Å². The van der Waals surface area contributed by atoms with Gasteiger partial charge in [-0.1, -0.05) is 36.4 Å². The Kier molecular flexibility index (Phi) is 3.67. The van der Waals surface area contributed by atoms with Crippen LogP contribution in [-0.4, -0.2) is 18.4 Å². The first-order valence-electron chi connectivity index (χ1n) is 5.35. The molecule has 0 atom stereocenters. The van der Waals surface area contributed by atoms with Gasteiger partial charge in [-0.05, 0) is 29.1 Å². The molecule has 0 amide bonds. The number of hydrazone groups is 1. The van der Waals surface area contributed by atoms with Gasteiger partial charge in [0.2, 0.25) is 5.11 Å². The highest BCUT2D eigenvalue weighted by Gasteiger charge is 1.99. The summed E-state index contributed by atoms with van der Waals surface area (Å²) in [7, 11) is 1.77. The third-order valence-corrected chi connectivity index (χ3v) is 2.77. The Morgan fingerprint density at radius 1 is 1.18 bits per heavy atom. The highest BCUT2D eigenvalue weighted by molar-refractivity contribution is 7.80. The molecular weight excluding hydrogens is 230 g/mol. The summed E-state index contributed by atoms with van der Waals surface area (Å²) < 4.78 is 0. The molecule has 3 N–H and O–H groups in total. The second-order valence-electron chi connectivity index (χ2n) is 3.56. The van der Waals surface area contributed by atoms with Gasteiger partial charge in [0.25, 0.3) is 0 Å². The van der Waals surface area contributed by atoms with Crippen molar-refractivity contribution in [3.8, 4) is 0 Å². The van der Waals surface area contributed by atoms with Crippen molar-refractivity contribution >= 4 is 34.3 Å². The van der Waals surface area contributed by atoms with Gasteiger partial charge < -0.3 is 5.32 Å². The second-order valence-corrected chi connectivity index (χ2v) is 3.97. The molecule has 0 spiro atoms. The molecule has 0 unspecified atom stereocenters. The van der Waals surface area contributed by atoms with Gasteiger partial charge in [0.05, 0.1) is 0 Å². The van der Waals surface area contributed by atoms with Crippen molar-refractivity contribution in [1.29, 1.82) is 0 Å². The van der Waals surface area contributed by atoms with Crippen LogP contribution in [0, 0.1) is 0 Å². The van der Waals surface area contributed by atoms with E-state index in [0.717, 1.165) is 5.56 Å². The van der Waals surface area contributed by atoms with Crippen molar-refractivity contribution in [3.05, 3.63) is 48.0 Å². The molecule has 0 heterocycles. The SMILES string of the molecule is CNC(=S)N[NH+]=Cc1cccc2ccccc12. The smallest absolute Gasteiger partial charge is 0.223 e. The maximum absolute atomic E-state index is 4.96. The van der Waals surface area contributed by atoms with Gasteiger partial charge in [-0.15, -0.1) is 10.5 Å². The van der Waals surface area contributed by atoms with Crippen molar-refractivity contribution in [2.24, 2.45) is 0 Å². The van der Waals surface area contributed by atoms with Crippen LogP contribution in [0.1, 0.15) is 5.56 Å². The highest BCUT2D eigenvalue weighted by atomic mass is 32.1. The van der Waals surface area contributed by atoms with E-state index in [4.69, 9.17) is 12.2 Å². The predicted molar refractivity (Wildman–Crippen MR) is 74.9 cm³/mol. The number of rotatable bonds is 2. The standard InChI is InChI=1S/C13H13N3S/c1-14-13(17)16-15-9-11-7-4-6-10-5-2-3-8-12(10)11/h2-9H,1H3,(H2,14,16,17)/p+1. The normalized spacial score (nSPS) is 10.6. The summed E-state index contributed by atoms with van der Waals surface area (Å²) in [6.07, 6.45) is 1.89. The van der Waals surface area contributed by atoms with Gasteiger partial charge in [0, 0.05) is 12.6 Å². The van der Waals surface area contributed by atoms with Crippen LogP contribution >= 0.6 is 12.2 Å². The average molecular weight is 244 g/mol. The zero-order chi connectivity index (χ0) is 12.1. The molecule has 0 saturated carbocycles. The number of nitrogens with one attached hydrogen (secondary N) is 3.